The van der Waals surface area contributed by atoms with Crippen molar-refractivity contribution < 1.29 is 13.6 Å². The van der Waals surface area contributed by atoms with E-state index in [4.69, 9.17) is 0 Å². The number of carbonyl (C=O) groups is 1. The first kappa shape index (κ1) is 22.5. The number of aryl methyl sites for hydroxylation is 1. The maximum atomic E-state index is 13.3. The van der Waals surface area contributed by atoms with Crippen molar-refractivity contribution in [2.24, 2.45) is 0 Å². The number of hydrogen-bond acceptors (Lipinski definition) is 6. The van der Waals surface area contributed by atoms with Gasteiger partial charge in [-0.3, -0.25) is 4.79 Å². The SMILES string of the molecule is Cc1nc(NCc2cn(Cc3cc(F)cc(F)c3)nn2)cc2c1NC(=O)[C@H](C)N2C.S. The molecule has 3 heterocycles. The Balaban J connectivity index is 0.00000272. The minimum absolute atomic E-state index is 0. The molecular formula is C20H23F2N7OS. The van der Waals surface area contributed by atoms with Crippen molar-refractivity contribution in [3.8, 4) is 0 Å². The van der Waals surface area contributed by atoms with Crippen LogP contribution in [0.1, 0.15) is 23.9 Å². The number of fused-ring (bicyclic) bond motifs is 1. The summed E-state index contributed by atoms with van der Waals surface area (Å²) in [6, 6.07) is 4.95. The molecule has 31 heavy (non-hydrogen) atoms. The molecule has 0 aliphatic carbocycles. The lowest BCUT2D eigenvalue weighted by Crippen LogP contribution is -2.44. The van der Waals surface area contributed by atoms with E-state index in [1.54, 1.807) is 6.20 Å². The third kappa shape index (κ3) is 4.76. The van der Waals surface area contributed by atoms with Gasteiger partial charge in [-0.2, -0.15) is 13.5 Å². The standard InChI is InChI=1S/C20H21F2N7O.H2S/c1-11-19-17(28(3)12(2)20(30)25-19)7-18(24-11)23-8-16-10-29(27-26-16)9-13-4-14(21)6-15(22)5-13;/h4-7,10,12H,8-9H2,1-3H3,(H,23,24)(H,25,30);1H2/t12-;/m0./s1. The van der Waals surface area contributed by atoms with E-state index in [9.17, 15) is 13.6 Å². The number of carbonyl (C=O) groups excluding carboxylic acids is 1. The summed E-state index contributed by atoms with van der Waals surface area (Å²) in [5, 5.41) is 14.2. The van der Waals surface area contributed by atoms with Crippen LogP contribution in [0.15, 0.2) is 30.5 Å². The largest absolute Gasteiger partial charge is 0.364 e. The molecule has 2 aromatic heterocycles. The normalized spacial score (nSPS) is 15.2. The maximum Gasteiger partial charge on any atom is 0.246 e. The van der Waals surface area contributed by atoms with Crippen molar-refractivity contribution in [1.82, 2.24) is 20.0 Å². The van der Waals surface area contributed by atoms with E-state index in [2.05, 4.69) is 25.9 Å². The van der Waals surface area contributed by atoms with E-state index in [0.717, 1.165) is 11.8 Å². The molecule has 2 N–H and O–H groups in total. The number of pyridine rings is 1. The summed E-state index contributed by atoms with van der Waals surface area (Å²) in [4.78, 5) is 18.4. The number of rotatable bonds is 5. The maximum absolute atomic E-state index is 13.3. The molecule has 1 atom stereocenters. The summed E-state index contributed by atoms with van der Waals surface area (Å²) in [6.07, 6.45) is 1.70. The first-order valence-corrected chi connectivity index (χ1v) is 9.43. The van der Waals surface area contributed by atoms with Gasteiger partial charge in [0.25, 0.3) is 0 Å². The Morgan fingerprint density at radius 2 is 1.90 bits per heavy atom. The molecule has 1 aromatic carbocycles. The number of nitrogens with one attached hydrogen (secondary N) is 2. The van der Waals surface area contributed by atoms with Gasteiger partial charge in [-0.25, -0.2) is 18.4 Å². The lowest BCUT2D eigenvalue weighted by atomic mass is 10.1. The zero-order valence-electron chi connectivity index (χ0n) is 17.3. The van der Waals surface area contributed by atoms with Crippen LogP contribution < -0.4 is 15.5 Å². The Hall–Kier alpha value is -3.21. The fourth-order valence-corrected chi connectivity index (χ4v) is 3.36. The van der Waals surface area contributed by atoms with E-state index < -0.39 is 11.6 Å². The predicted octanol–water partition coefficient (Wildman–Crippen LogP) is 2.81. The van der Waals surface area contributed by atoms with Gasteiger partial charge in [0.1, 0.15) is 29.2 Å². The van der Waals surface area contributed by atoms with Crippen molar-refractivity contribution >= 4 is 36.6 Å². The molecule has 0 fully saturated rings. The molecule has 1 aliphatic heterocycles. The summed E-state index contributed by atoms with van der Waals surface area (Å²) in [6.45, 7) is 4.25. The van der Waals surface area contributed by atoms with Gasteiger partial charge in [0.2, 0.25) is 5.91 Å². The summed E-state index contributed by atoms with van der Waals surface area (Å²) < 4.78 is 28.2. The van der Waals surface area contributed by atoms with Crippen molar-refractivity contribution in [2.45, 2.75) is 33.0 Å². The molecule has 1 aliphatic rings. The summed E-state index contributed by atoms with van der Waals surface area (Å²) in [5.74, 6) is -0.679. The highest BCUT2D eigenvalue weighted by molar-refractivity contribution is 7.59. The third-order valence-electron chi connectivity index (χ3n) is 5.07. The van der Waals surface area contributed by atoms with Crippen LogP contribution in [0.3, 0.4) is 0 Å². The second kappa shape index (κ2) is 8.88. The van der Waals surface area contributed by atoms with Crippen LogP contribution in [0.2, 0.25) is 0 Å². The first-order valence-electron chi connectivity index (χ1n) is 9.43. The van der Waals surface area contributed by atoms with Crippen molar-refractivity contribution in [2.75, 3.05) is 22.6 Å². The number of halogens is 2. The molecule has 3 aromatic rings. The number of benzene rings is 1. The van der Waals surface area contributed by atoms with Gasteiger partial charge < -0.3 is 15.5 Å². The molecule has 0 bridgehead atoms. The molecule has 0 unspecified atom stereocenters. The van der Waals surface area contributed by atoms with Crippen LogP contribution in [0.25, 0.3) is 0 Å². The molecule has 11 heteroatoms. The summed E-state index contributed by atoms with van der Waals surface area (Å²) in [7, 11) is 1.87. The summed E-state index contributed by atoms with van der Waals surface area (Å²) in [5.41, 5.74) is 3.41. The lowest BCUT2D eigenvalue weighted by molar-refractivity contribution is -0.117. The van der Waals surface area contributed by atoms with Crippen molar-refractivity contribution in [1.29, 1.82) is 0 Å². The highest BCUT2D eigenvalue weighted by Gasteiger charge is 2.28. The Morgan fingerprint density at radius 1 is 1.19 bits per heavy atom. The van der Waals surface area contributed by atoms with Crippen molar-refractivity contribution in [3.05, 3.63) is 59.0 Å². The number of aromatic nitrogens is 4. The average molecular weight is 448 g/mol. The molecule has 4 rings (SSSR count). The van der Waals surface area contributed by atoms with Crippen LogP contribution in [0.4, 0.5) is 26.0 Å². The van der Waals surface area contributed by atoms with Gasteiger partial charge in [-0.1, -0.05) is 5.21 Å². The highest BCUT2D eigenvalue weighted by atomic mass is 32.1. The van der Waals surface area contributed by atoms with E-state index in [1.807, 2.05) is 31.9 Å². The van der Waals surface area contributed by atoms with E-state index in [0.29, 0.717) is 35.0 Å². The Morgan fingerprint density at radius 3 is 2.61 bits per heavy atom. The molecule has 0 saturated carbocycles. The molecule has 164 valence electrons. The van der Waals surface area contributed by atoms with E-state index in [-0.39, 0.29) is 32.0 Å². The zero-order chi connectivity index (χ0) is 21.4. The number of anilines is 3. The first-order chi connectivity index (χ1) is 14.3. The quantitative estimate of drug-likeness (QED) is 0.626. The van der Waals surface area contributed by atoms with Gasteiger partial charge in [0.15, 0.2) is 0 Å². The monoisotopic (exact) mass is 447 g/mol. The van der Waals surface area contributed by atoms with Gasteiger partial charge in [0.05, 0.1) is 36.4 Å². The van der Waals surface area contributed by atoms with Crippen LogP contribution in [-0.2, 0) is 17.9 Å². The summed E-state index contributed by atoms with van der Waals surface area (Å²) >= 11 is 0. The zero-order valence-corrected chi connectivity index (χ0v) is 18.3. The Kier molecular flexibility index (Phi) is 6.44. The van der Waals surface area contributed by atoms with Gasteiger partial charge >= 0.3 is 0 Å². The highest BCUT2D eigenvalue weighted by Crippen LogP contribution is 2.34. The number of likely N-dealkylation sites (N-methyl/N-ethyl adjacent to an activating group) is 1. The number of hydrogen-bond donors (Lipinski definition) is 2. The minimum atomic E-state index is -0.628. The second-order valence-electron chi connectivity index (χ2n) is 7.30. The third-order valence-corrected chi connectivity index (χ3v) is 5.07. The molecule has 1 amide bonds. The average Bonchev–Trinajstić information content (AvgIpc) is 3.12. The molecule has 8 nitrogen and oxygen atoms in total. The van der Waals surface area contributed by atoms with Gasteiger partial charge in [-0.15, -0.1) is 5.10 Å². The molecular weight excluding hydrogens is 424 g/mol. The number of nitrogens with zero attached hydrogens (tertiary/aromatic N) is 5. The van der Waals surface area contributed by atoms with Gasteiger partial charge in [-0.05, 0) is 31.5 Å². The fraction of sp³-hybridized carbons (Fsp3) is 0.300. The number of amides is 1. The molecule has 0 spiro atoms. The predicted molar refractivity (Wildman–Crippen MR) is 119 cm³/mol. The smallest absolute Gasteiger partial charge is 0.246 e. The van der Waals surface area contributed by atoms with E-state index >= 15 is 0 Å². The van der Waals surface area contributed by atoms with Crippen LogP contribution in [0.5, 0.6) is 0 Å². The molecule has 0 radical (unpaired) electrons. The minimum Gasteiger partial charge on any atom is -0.364 e. The Labute approximate surface area is 185 Å². The fourth-order valence-electron chi connectivity index (χ4n) is 3.36. The van der Waals surface area contributed by atoms with Crippen LogP contribution in [0, 0.1) is 18.6 Å². The second-order valence-corrected chi connectivity index (χ2v) is 7.30. The Bertz CT molecular complexity index is 1100. The topological polar surface area (TPSA) is 88.0 Å². The lowest BCUT2D eigenvalue weighted by Gasteiger charge is -2.34. The van der Waals surface area contributed by atoms with E-state index in [1.165, 1.54) is 16.8 Å². The van der Waals surface area contributed by atoms with Crippen molar-refractivity contribution in [3.63, 3.8) is 0 Å². The van der Waals surface area contributed by atoms with Gasteiger partial charge in [0, 0.05) is 19.2 Å². The van der Waals surface area contributed by atoms with Crippen LogP contribution >= 0.6 is 13.5 Å². The van der Waals surface area contributed by atoms with Crippen LogP contribution in [-0.4, -0.2) is 39.0 Å². The molecule has 0 saturated heterocycles.